The molecule has 0 amide bonds. The van der Waals surface area contributed by atoms with E-state index in [1.807, 2.05) is 24.3 Å². The zero-order chi connectivity index (χ0) is 23.6. The number of aliphatic hydroxyl groups is 3. The molecule has 1 saturated heterocycles. The van der Waals surface area contributed by atoms with Crippen LogP contribution in [0.3, 0.4) is 0 Å². The van der Waals surface area contributed by atoms with Crippen LogP contribution >= 0.6 is 11.8 Å². The van der Waals surface area contributed by atoms with Crippen LogP contribution in [0.1, 0.15) is 5.56 Å². The number of β-amino-alcohol motifs (C(OH)–C–C–N with tert-alkyl or cyclic N) is 2. The molecule has 0 radical (unpaired) electrons. The molecule has 180 valence electrons. The van der Waals surface area contributed by atoms with Crippen molar-refractivity contribution in [2.45, 2.75) is 28.2 Å². The first kappa shape index (κ1) is 24.3. The first-order valence-electron chi connectivity index (χ1n) is 10.9. The monoisotopic (exact) mass is 483 g/mol. The van der Waals surface area contributed by atoms with E-state index in [0.29, 0.717) is 45.0 Å². The fourth-order valence-corrected chi connectivity index (χ4v) is 5.36. The second-order valence-electron chi connectivity index (χ2n) is 8.45. The lowest BCUT2D eigenvalue weighted by Crippen LogP contribution is -2.51. The summed E-state index contributed by atoms with van der Waals surface area (Å²) >= 11 is 1.43. The van der Waals surface area contributed by atoms with Crippen molar-refractivity contribution in [3.8, 4) is 0 Å². The van der Waals surface area contributed by atoms with Gasteiger partial charge in [0.05, 0.1) is 42.3 Å². The number of fused-ring (bicyclic) bond motifs is 2. The zero-order valence-corrected chi connectivity index (χ0v) is 18.9. The van der Waals surface area contributed by atoms with Crippen molar-refractivity contribution in [1.82, 2.24) is 9.80 Å². The molecule has 0 saturated carbocycles. The molecule has 1 unspecified atom stereocenters. The van der Waals surface area contributed by atoms with E-state index in [-0.39, 0.29) is 13.2 Å². The summed E-state index contributed by atoms with van der Waals surface area (Å²) < 4.78 is 40.1. The molecule has 2 heterocycles. The molecule has 10 heteroatoms. The Bertz CT molecular complexity index is 954. The molecule has 3 N–H and O–H groups in total. The fourth-order valence-electron chi connectivity index (χ4n) is 4.28. The third-order valence-corrected chi connectivity index (χ3v) is 7.09. The van der Waals surface area contributed by atoms with E-state index in [9.17, 15) is 23.4 Å². The highest BCUT2D eigenvalue weighted by Crippen LogP contribution is 2.49. The Kier molecular flexibility index (Phi) is 7.52. The Balaban J connectivity index is 1.46. The highest BCUT2D eigenvalue weighted by atomic mass is 32.2. The minimum absolute atomic E-state index is 0.176. The molecule has 2 aromatic carbocycles. The zero-order valence-electron chi connectivity index (χ0n) is 18.1. The van der Waals surface area contributed by atoms with Crippen LogP contribution in [-0.2, 0) is 6.18 Å². The topological polar surface area (TPSA) is 70.4 Å². The molecule has 4 rings (SSSR count). The standard InChI is InChI=1S/C23H28F3N3O3S/c24-23(25,26)16-5-6-22-20(11-16)29(19-3-1-2-4-21(19)33-22)14-17(31)12-27-7-9-28(10-8-27)13-18(32)15-30/h1-6,11,17-18,30-32H,7-10,12-15H2/t17?,18-/m0/s1. The van der Waals surface area contributed by atoms with Gasteiger partial charge in [-0.3, -0.25) is 9.80 Å². The number of alkyl halides is 3. The number of aliphatic hydroxyl groups excluding tert-OH is 3. The third-order valence-electron chi connectivity index (χ3n) is 5.96. The van der Waals surface area contributed by atoms with Crippen LogP contribution in [0.15, 0.2) is 52.3 Å². The molecule has 1 fully saturated rings. The van der Waals surface area contributed by atoms with Gasteiger partial charge < -0.3 is 20.2 Å². The van der Waals surface area contributed by atoms with Gasteiger partial charge >= 0.3 is 6.18 Å². The Hall–Kier alpha value is -1.82. The molecule has 0 bridgehead atoms. The molecule has 6 nitrogen and oxygen atoms in total. The van der Waals surface area contributed by atoms with Crippen LogP contribution in [0.25, 0.3) is 0 Å². The third kappa shape index (κ3) is 5.82. The van der Waals surface area contributed by atoms with Gasteiger partial charge in [-0.15, -0.1) is 0 Å². The van der Waals surface area contributed by atoms with Gasteiger partial charge in [-0.1, -0.05) is 23.9 Å². The van der Waals surface area contributed by atoms with E-state index >= 15 is 0 Å². The molecule has 2 atom stereocenters. The summed E-state index contributed by atoms with van der Waals surface area (Å²) in [7, 11) is 0. The van der Waals surface area contributed by atoms with E-state index < -0.39 is 23.9 Å². The maximum Gasteiger partial charge on any atom is 0.416 e. The van der Waals surface area contributed by atoms with E-state index in [1.165, 1.54) is 17.8 Å². The van der Waals surface area contributed by atoms with Gasteiger partial charge in [-0.05, 0) is 30.3 Å². The average Bonchev–Trinajstić information content (AvgIpc) is 2.79. The van der Waals surface area contributed by atoms with Crippen LogP contribution in [0.5, 0.6) is 0 Å². The summed E-state index contributed by atoms with van der Waals surface area (Å²) in [5, 5.41) is 29.5. The molecule has 2 aliphatic heterocycles. The lowest BCUT2D eigenvalue weighted by atomic mass is 10.1. The quantitative estimate of drug-likeness (QED) is 0.559. The Morgan fingerprint density at radius 2 is 1.42 bits per heavy atom. The normalized spacial score (nSPS) is 19.2. The van der Waals surface area contributed by atoms with Crippen LogP contribution in [0, 0.1) is 0 Å². The van der Waals surface area contributed by atoms with Crippen LogP contribution in [0.2, 0.25) is 0 Å². The fraction of sp³-hybridized carbons (Fsp3) is 0.478. The summed E-state index contributed by atoms with van der Waals surface area (Å²) in [6.07, 6.45) is -5.97. The number of hydrogen-bond donors (Lipinski definition) is 3. The summed E-state index contributed by atoms with van der Waals surface area (Å²) in [5.41, 5.74) is 0.536. The highest BCUT2D eigenvalue weighted by molar-refractivity contribution is 7.99. The van der Waals surface area contributed by atoms with E-state index in [2.05, 4.69) is 9.80 Å². The minimum Gasteiger partial charge on any atom is -0.394 e. The Labute approximate surface area is 195 Å². The van der Waals surface area contributed by atoms with Gasteiger partial charge in [0.15, 0.2) is 0 Å². The second-order valence-corrected chi connectivity index (χ2v) is 9.54. The van der Waals surface area contributed by atoms with Gasteiger partial charge in [-0.2, -0.15) is 13.2 Å². The lowest BCUT2D eigenvalue weighted by Gasteiger charge is -2.38. The smallest absolute Gasteiger partial charge is 0.394 e. The van der Waals surface area contributed by atoms with Crippen molar-refractivity contribution in [2.75, 3.05) is 57.3 Å². The number of nitrogens with zero attached hydrogens (tertiary/aromatic N) is 3. The van der Waals surface area contributed by atoms with Crippen molar-refractivity contribution < 1.29 is 28.5 Å². The number of piperazine rings is 1. The molecular weight excluding hydrogens is 455 g/mol. The van der Waals surface area contributed by atoms with Crippen molar-refractivity contribution in [3.63, 3.8) is 0 Å². The number of benzene rings is 2. The first-order chi connectivity index (χ1) is 15.7. The summed E-state index contributed by atoms with van der Waals surface area (Å²) in [6, 6.07) is 11.3. The maximum absolute atomic E-state index is 13.4. The summed E-state index contributed by atoms with van der Waals surface area (Å²) in [5.74, 6) is 0. The predicted octanol–water partition coefficient (Wildman–Crippen LogP) is 2.64. The van der Waals surface area contributed by atoms with E-state index in [1.54, 1.807) is 4.90 Å². The van der Waals surface area contributed by atoms with E-state index in [0.717, 1.165) is 27.6 Å². The van der Waals surface area contributed by atoms with Crippen molar-refractivity contribution in [3.05, 3.63) is 48.0 Å². The van der Waals surface area contributed by atoms with Crippen LogP contribution < -0.4 is 4.90 Å². The lowest BCUT2D eigenvalue weighted by molar-refractivity contribution is -0.137. The minimum atomic E-state index is -4.44. The Morgan fingerprint density at radius 3 is 2.06 bits per heavy atom. The van der Waals surface area contributed by atoms with Crippen LogP contribution in [0.4, 0.5) is 24.5 Å². The van der Waals surface area contributed by atoms with Gasteiger partial charge in [0.1, 0.15) is 0 Å². The summed E-state index contributed by atoms with van der Waals surface area (Å²) in [4.78, 5) is 7.63. The molecular formula is C23H28F3N3O3S. The number of halogens is 3. The number of anilines is 2. The largest absolute Gasteiger partial charge is 0.416 e. The number of hydrogen-bond acceptors (Lipinski definition) is 7. The highest BCUT2D eigenvalue weighted by Gasteiger charge is 2.34. The summed E-state index contributed by atoms with van der Waals surface area (Å²) in [6.45, 7) is 3.55. The van der Waals surface area contributed by atoms with E-state index in [4.69, 9.17) is 5.11 Å². The Morgan fingerprint density at radius 1 is 0.818 bits per heavy atom. The molecule has 2 aliphatic rings. The first-order valence-corrected chi connectivity index (χ1v) is 11.7. The molecule has 0 spiro atoms. The maximum atomic E-state index is 13.4. The SMILES string of the molecule is OC[C@@H](O)CN1CCN(CC(O)CN2c3ccccc3Sc3ccc(C(F)(F)F)cc32)CC1. The number of rotatable bonds is 7. The van der Waals surface area contributed by atoms with Crippen molar-refractivity contribution >= 4 is 23.1 Å². The van der Waals surface area contributed by atoms with Gasteiger partial charge in [0.25, 0.3) is 0 Å². The molecule has 0 aromatic heterocycles. The molecule has 33 heavy (non-hydrogen) atoms. The average molecular weight is 484 g/mol. The van der Waals surface area contributed by atoms with Crippen LogP contribution in [-0.4, -0.2) is 89.7 Å². The van der Waals surface area contributed by atoms with Crippen molar-refractivity contribution in [1.29, 1.82) is 0 Å². The molecule has 2 aromatic rings. The van der Waals surface area contributed by atoms with Crippen molar-refractivity contribution in [2.24, 2.45) is 0 Å². The van der Waals surface area contributed by atoms with Gasteiger partial charge in [0, 0.05) is 49.1 Å². The predicted molar refractivity (Wildman–Crippen MR) is 121 cm³/mol. The van der Waals surface area contributed by atoms with Gasteiger partial charge in [-0.25, -0.2) is 0 Å². The second kappa shape index (κ2) is 10.2. The van der Waals surface area contributed by atoms with Gasteiger partial charge in [0.2, 0.25) is 0 Å². The number of para-hydroxylation sites is 1. The molecule has 0 aliphatic carbocycles.